The smallest absolute Gasteiger partial charge is 0.433 e. The van der Waals surface area contributed by atoms with E-state index < -0.39 is 29.4 Å². The Kier molecular flexibility index (Phi) is 9.36. The summed E-state index contributed by atoms with van der Waals surface area (Å²) in [6, 6.07) is 13.0. The average Bonchev–Trinajstić information content (AvgIpc) is 3.44. The molecule has 13 heteroatoms. The number of piperazine rings is 1. The molecule has 3 aromatic rings. The Bertz CT molecular complexity index is 1500. The van der Waals surface area contributed by atoms with Crippen molar-refractivity contribution in [1.29, 1.82) is 0 Å². The molecule has 1 N–H and O–H groups in total. The molecule has 1 amide bonds. The lowest BCUT2D eigenvalue weighted by Gasteiger charge is -2.39. The van der Waals surface area contributed by atoms with Crippen LogP contribution in [0.1, 0.15) is 54.2 Å². The third-order valence-electron chi connectivity index (χ3n) is 8.93. The molecular formula is C31H34Cl2F3N5O3. The number of alkyl halides is 3. The molecule has 6 rings (SSSR count). The van der Waals surface area contributed by atoms with Gasteiger partial charge in [-0.15, -0.1) is 12.4 Å². The zero-order valence-corrected chi connectivity index (χ0v) is 25.5. The zero-order chi connectivity index (χ0) is 30.3. The van der Waals surface area contributed by atoms with E-state index in [1.54, 1.807) is 6.07 Å². The first kappa shape index (κ1) is 32.0. The maximum absolute atomic E-state index is 13.9. The van der Waals surface area contributed by atoms with Gasteiger partial charge in [0.05, 0.1) is 12.2 Å². The summed E-state index contributed by atoms with van der Waals surface area (Å²) < 4.78 is 42.6. The van der Waals surface area contributed by atoms with Crippen LogP contribution in [0.15, 0.2) is 48.7 Å². The fourth-order valence-electron chi connectivity index (χ4n) is 6.41. The van der Waals surface area contributed by atoms with Crippen LogP contribution >= 0.6 is 24.0 Å². The van der Waals surface area contributed by atoms with Gasteiger partial charge >= 0.3 is 12.1 Å². The molecule has 236 valence electrons. The van der Waals surface area contributed by atoms with E-state index in [0.717, 1.165) is 78.8 Å². The molecular weight excluding hydrogens is 618 g/mol. The van der Waals surface area contributed by atoms with Crippen LogP contribution < -0.4 is 9.80 Å². The zero-order valence-electron chi connectivity index (χ0n) is 24.0. The Morgan fingerprint density at radius 1 is 0.909 bits per heavy atom. The van der Waals surface area contributed by atoms with Crippen molar-refractivity contribution in [2.24, 2.45) is 5.92 Å². The molecule has 2 aromatic carbocycles. The summed E-state index contributed by atoms with van der Waals surface area (Å²) in [5.74, 6) is -1.15. The van der Waals surface area contributed by atoms with E-state index in [9.17, 15) is 27.9 Å². The number of benzene rings is 2. The van der Waals surface area contributed by atoms with Crippen molar-refractivity contribution < 1.29 is 27.9 Å². The van der Waals surface area contributed by atoms with E-state index >= 15 is 0 Å². The van der Waals surface area contributed by atoms with Gasteiger partial charge in [-0.3, -0.25) is 9.48 Å². The second-order valence-electron chi connectivity index (χ2n) is 11.5. The van der Waals surface area contributed by atoms with E-state index in [-0.39, 0.29) is 24.9 Å². The molecule has 3 heterocycles. The van der Waals surface area contributed by atoms with Gasteiger partial charge in [-0.1, -0.05) is 36.2 Å². The quantitative estimate of drug-likeness (QED) is 0.322. The van der Waals surface area contributed by atoms with E-state index in [4.69, 9.17) is 11.6 Å². The van der Waals surface area contributed by atoms with Crippen LogP contribution in [0.2, 0.25) is 5.02 Å². The molecule has 2 saturated heterocycles. The van der Waals surface area contributed by atoms with Gasteiger partial charge < -0.3 is 19.8 Å². The molecule has 2 aliphatic heterocycles. The molecule has 0 spiro atoms. The maximum atomic E-state index is 13.9. The number of carbonyl (C=O) groups is 2. The molecule has 1 aliphatic carbocycles. The van der Waals surface area contributed by atoms with Gasteiger partial charge in [0, 0.05) is 67.1 Å². The summed E-state index contributed by atoms with van der Waals surface area (Å²) in [6.07, 6.45) is 0.127. The minimum atomic E-state index is -4.85. The van der Waals surface area contributed by atoms with Gasteiger partial charge in [0.25, 0.3) is 0 Å². The van der Waals surface area contributed by atoms with Gasteiger partial charge in [0.15, 0.2) is 5.69 Å². The largest absolute Gasteiger partial charge is 0.478 e. The van der Waals surface area contributed by atoms with Crippen molar-refractivity contribution in [2.45, 2.75) is 44.3 Å². The number of rotatable bonds is 6. The lowest BCUT2D eigenvalue weighted by molar-refractivity contribution is -0.145. The number of carboxylic acid groups (broad SMARTS) is 1. The van der Waals surface area contributed by atoms with E-state index in [2.05, 4.69) is 22.1 Å². The third-order valence-corrected chi connectivity index (χ3v) is 9.16. The van der Waals surface area contributed by atoms with Crippen molar-refractivity contribution in [3.63, 3.8) is 0 Å². The molecule has 8 nitrogen and oxygen atoms in total. The molecule has 44 heavy (non-hydrogen) atoms. The van der Waals surface area contributed by atoms with Crippen LogP contribution in [0.5, 0.6) is 0 Å². The molecule has 0 radical (unpaired) electrons. The molecule has 1 saturated carbocycles. The molecule has 1 unspecified atom stereocenters. The normalized spacial score (nSPS) is 19.4. The highest BCUT2D eigenvalue weighted by molar-refractivity contribution is 6.31. The predicted molar refractivity (Wildman–Crippen MR) is 165 cm³/mol. The summed E-state index contributed by atoms with van der Waals surface area (Å²) in [4.78, 5) is 30.4. The van der Waals surface area contributed by atoms with Crippen molar-refractivity contribution in [1.82, 2.24) is 14.7 Å². The summed E-state index contributed by atoms with van der Waals surface area (Å²) in [6.45, 7) is 3.81. The third kappa shape index (κ3) is 6.35. The lowest BCUT2D eigenvalue weighted by Crippen LogP contribution is -2.51. The van der Waals surface area contributed by atoms with Crippen molar-refractivity contribution in [2.75, 3.05) is 49.1 Å². The highest BCUT2D eigenvalue weighted by atomic mass is 35.5. The number of amides is 1. The molecule has 0 bridgehead atoms. The Labute approximate surface area is 264 Å². The number of hydrogen-bond acceptors (Lipinski definition) is 5. The van der Waals surface area contributed by atoms with Crippen LogP contribution in [-0.4, -0.2) is 70.9 Å². The van der Waals surface area contributed by atoms with E-state index in [1.165, 1.54) is 0 Å². The van der Waals surface area contributed by atoms with Gasteiger partial charge in [-0.25, -0.2) is 4.79 Å². The Morgan fingerprint density at radius 2 is 1.61 bits per heavy atom. The van der Waals surface area contributed by atoms with Gasteiger partial charge in [-0.05, 0) is 55.5 Å². The first-order valence-corrected chi connectivity index (χ1v) is 15.0. The van der Waals surface area contributed by atoms with E-state index in [0.29, 0.717) is 30.3 Å². The topological polar surface area (TPSA) is 81.9 Å². The number of hydrogen-bond donors (Lipinski definition) is 1. The molecule has 1 atom stereocenters. The number of carbonyl (C=O) groups excluding carboxylic acids is 1. The number of carboxylic acids is 1. The van der Waals surface area contributed by atoms with Gasteiger partial charge in [0.2, 0.25) is 5.91 Å². The predicted octanol–water partition coefficient (Wildman–Crippen LogP) is 6.63. The SMILES string of the molecule is Cl.O=C(O)c1cnn(C2CCCN(c3cc(Cl)ccc3-c3ccc(N4CCN(C(=O)C5CCC5)CC4)cc3)C2)c1C(F)(F)F. The number of halogens is 5. The van der Waals surface area contributed by atoms with Crippen LogP contribution in [0.4, 0.5) is 24.5 Å². The highest BCUT2D eigenvalue weighted by Crippen LogP contribution is 2.39. The summed E-state index contributed by atoms with van der Waals surface area (Å²) >= 11 is 6.40. The van der Waals surface area contributed by atoms with Crippen LogP contribution in [0, 0.1) is 5.92 Å². The Balaban J connectivity index is 0.00000384. The van der Waals surface area contributed by atoms with Gasteiger partial charge in [0.1, 0.15) is 5.56 Å². The Hall–Kier alpha value is -3.44. The van der Waals surface area contributed by atoms with Crippen LogP contribution in [0.3, 0.4) is 0 Å². The fourth-order valence-corrected chi connectivity index (χ4v) is 6.58. The average molecular weight is 653 g/mol. The Morgan fingerprint density at radius 3 is 2.23 bits per heavy atom. The van der Waals surface area contributed by atoms with E-state index in [1.807, 2.05) is 34.1 Å². The van der Waals surface area contributed by atoms with Crippen LogP contribution in [0.25, 0.3) is 11.1 Å². The maximum Gasteiger partial charge on any atom is 0.433 e. The minimum absolute atomic E-state index is 0. The molecule has 1 aromatic heterocycles. The lowest BCUT2D eigenvalue weighted by atomic mass is 9.84. The van der Waals surface area contributed by atoms with Crippen molar-refractivity contribution in [3.05, 3.63) is 64.9 Å². The number of aromatic carboxylic acids is 1. The van der Waals surface area contributed by atoms with Gasteiger partial charge in [-0.2, -0.15) is 18.3 Å². The first-order chi connectivity index (χ1) is 20.6. The standard InChI is InChI=1S/C31H33ClF3N5O3.ClH/c32-22-8-11-25(20-6-9-23(10-7-20)37-13-15-38(16-14-37)29(41)21-3-1-4-21)27(17-22)39-12-2-5-24(19-39)40-28(31(33,34)35)26(18-36-40)30(42)43;/h6-11,17-18,21,24H,1-5,12-16,19H2,(H,42,43);1H. The number of anilines is 2. The number of aromatic nitrogens is 2. The summed E-state index contributed by atoms with van der Waals surface area (Å²) in [5.41, 5.74) is 1.63. The summed E-state index contributed by atoms with van der Waals surface area (Å²) in [7, 11) is 0. The van der Waals surface area contributed by atoms with Crippen molar-refractivity contribution >= 4 is 47.3 Å². The molecule has 3 aliphatic rings. The monoisotopic (exact) mass is 651 g/mol. The summed E-state index contributed by atoms with van der Waals surface area (Å²) in [5, 5.41) is 13.7. The number of nitrogens with zero attached hydrogens (tertiary/aromatic N) is 5. The second kappa shape index (κ2) is 12.9. The van der Waals surface area contributed by atoms with Crippen molar-refractivity contribution in [3.8, 4) is 11.1 Å². The number of piperidine rings is 1. The first-order valence-electron chi connectivity index (χ1n) is 14.7. The van der Waals surface area contributed by atoms with Crippen LogP contribution in [-0.2, 0) is 11.0 Å². The molecule has 3 fully saturated rings. The highest BCUT2D eigenvalue weighted by Gasteiger charge is 2.42. The second-order valence-corrected chi connectivity index (χ2v) is 12.0. The minimum Gasteiger partial charge on any atom is -0.478 e. The fraction of sp³-hybridized carbons (Fsp3) is 0.452.